The van der Waals surface area contributed by atoms with Crippen molar-refractivity contribution in [2.24, 2.45) is 17.6 Å². The Morgan fingerprint density at radius 3 is 2.48 bits per heavy atom. The van der Waals surface area contributed by atoms with Gasteiger partial charge in [-0.1, -0.05) is 37.8 Å². The molecule has 1 aliphatic heterocycles. The molecule has 3 N–H and O–H groups in total. The van der Waals surface area contributed by atoms with Crippen molar-refractivity contribution >= 4 is 24.1 Å². The summed E-state index contributed by atoms with van der Waals surface area (Å²) in [5.41, 5.74) is 5.31. The molecule has 1 aromatic carbocycles. The zero-order valence-corrected chi connectivity index (χ0v) is 17.4. The van der Waals surface area contributed by atoms with Gasteiger partial charge >= 0.3 is 11.8 Å². The van der Waals surface area contributed by atoms with Crippen molar-refractivity contribution in [3.05, 3.63) is 35.6 Å². The molecule has 168 valence electrons. The largest absolute Gasteiger partial charge is 0.364 e. The van der Waals surface area contributed by atoms with Crippen molar-refractivity contribution in [1.82, 2.24) is 5.06 Å². The molecule has 9 heteroatoms. The molecular weight excluding hydrogens is 405 g/mol. The summed E-state index contributed by atoms with van der Waals surface area (Å²) in [6, 6.07) is 4.22. The van der Waals surface area contributed by atoms with E-state index in [9.17, 15) is 28.8 Å². The number of amides is 4. The van der Waals surface area contributed by atoms with E-state index in [-0.39, 0.29) is 37.4 Å². The topological polar surface area (TPSA) is 118 Å². The van der Waals surface area contributed by atoms with Gasteiger partial charge in [-0.2, -0.15) is 4.48 Å². The maximum Gasteiger partial charge on any atom is 0.356 e. The van der Waals surface area contributed by atoms with Gasteiger partial charge in [0.15, 0.2) is 6.04 Å². The number of imide groups is 1. The van der Waals surface area contributed by atoms with Crippen LogP contribution in [0.1, 0.15) is 55.3 Å². The fraction of sp³-hybridized carbons (Fsp3) is 0.545. The van der Waals surface area contributed by atoms with Crippen LogP contribution in [-0.4, -0.2) is 58.0 Å². The molecule has 1 heterocycles. The van der Waals surface area contributed by atoms with Crippen LogP contribution >= 0.6 is 0 Å². The number of quaternary nitrogens is 1. The monoisotopic (exact) mass is 434 g/mol. The van der Waals surface area contributed by atoms with Crippen LogP contribution in [0.15, 0.2) is 24.3 Å². The molecule has 0 bridgehead atoms. The summed E-state index contributed by atoms with van der Waals surface area (Å²) in [5.74, 6) is -3.65. The Hall–Kier alpha value is -2.65. The highest BCUT2D eigenvalue weighted by Gasteiger charge is 2.59. The summed E-state index contributed by atoms with van der Waals surface area (Å²) in [4.78, 5) is 50.8. The molecule has 0 spiro atoms. The molecular formula is C22H29FN3O5+. The number of nitrogens with two attached hydrogens (primary N) is 1. The summed E-state index contributed by atoms with van der Waals surface area (Å²) in [6.07, 6.45) is 5.08. The lowest BCUT2D eigenvalue weighted by atomic mass is 9.90. The second-order valence-electron chi connectivity index (χ2n) is 8.59. The summed E-state index contributed by atoms with van der Waals surface area (Å²) >= 11 is 0. The zero-order valence-electron chi connectivity index (χ0n) is 17.4. The van der Waals surface area contributed by atoms with Crippen molar-refractivity contribution in [3.63, 3.8) is 0 Å². The molecule has 1 aromatic rings. The van der Waals surface area contributed by atoms with Gasteiger partial charge < -0.3 is 5.73 Å². The lowest BCUT2D eigenvalue weighted by molar-refractivity contribution is -0.777. The summed E-state index contributed by atoms with van der Waals surface area (Å²) in [7, 11) is 0. The average Bonchev–Trinajstić information content (AvgIpc) is 3.43. The summed E-state index contributed by atoms with van der Waals surface area (Å²) < 4.78 is 13.6. The minimum absolute atomic E-state index is 0.0211. The minimum atomic E-state index is -1.12. The zero-order chi connectivity index (χ0) is 22.6. The number of benzene rings is 1. The maximum absolute atomic E-state index is 14.5. The predicted molar refractivity (Wildman–Crippen MR) is 108 cm³/mol. The molecule has 0 aromatic heterocycles. The number of likely N-dealkylation sites (tertiary alicyclic amines) is 1. The van der Waals surface area contributed by atoms with Crippen LogP contribution in [0.5, 0.6) is 0 Å². The molecule has 1 aliphatic carbocycles. The van der Waals surface area contributed by atoms with Crippen molar-refractivity contribution in [1.29, 1.82) is 0 Å². The summed E-state index contributed by atoms with van der Waals surface area (Å²) in [5, 5.41) is 10.2. The van der Waals surface area contributed by atoms with Crippen LogP contribution in [0, 0.1) is 17.7 Å². The highest BCUT2D eigenvalue weighted by Crippen LogP contribution is 2.37. The highest BCUT2D eigenvalue weighted by atomic mass is 19.1. The van der Waals surface area contributed by atoms with E-state index in [2.05, 4.69) is 0 Å². The van der Waals surface area contributed by atoms with Crippen LogP contribution < -0.4 is 5.73 Å². The third-order valence-electron chi connectivity index (χ3n) is 6.68. The van der Waals surface area contributed by atoms with E-state index >= 15 is 0 Å². The first-order valence-electron chi connectivity index (χ1n) is 10.7. The van der Waals surface area contributed by atoms with Gasteiger partial charge in [-0.15, -0.1) is 0 Å². The van der Waals surface area contributed by atoms with E-state index in [1.54, 1.807) is 0 Å². The van der Waals surface area contributed by atoms with Gasteiger partial charge in [-0.3, -0.25) is 14.8 Å². The normalized spacial score (nSPS) is 24.6. The molecule has 2 fully saturated rings. The first-order chi connectivity index (χ1) is 14.8. The van der Waals surface area contributed by atoms with Crippen LogP contribution in [0.3, 0.4) is 0 Å². The van der Waals surface area contributed by atoms with Crippen molar-refractivity contribution < 1.29 is 33.3 Å². The second kappa shape index (κ2) is 9.65. The SMILES string of the molecule is NC(=O)[C@@H]1CCC[N+]1(C(=O)c1ccccc1F)C(=O)[C@H](CC1CCCC1)CN(O)C=O. The van der Waals surface area contributed by atoms with Crippen LogP contribution in [0.2, 0.25) is 0 Å². The molecule has 3 rings (SSSR count). The molecule has 1 saturated heterocycles. The molecule has 1 saturated carbocycles. The first-order valence-corrected chi connectivity index (χ1v) is 10.7. The number of primary amides is 1. The van der Waals surface area contributed by atoms with E-state index in [0.717, 1.165) is 31.7 Å². The number of carbonyl (C=O) groups excluding carboxylic acids is 4. The lowest BCUT2D eigenvalue weighted by Gasteiger charge is -2.36. The number of hydroxylamine groups is 2. The van der Waals surface area contributed by atoms with Crippen LogP contribution in [0.25, 0.3) is 0 Å². The van der Waals surface area contributed by atoms with Gasteiger partial charge in [0.05, 0.1) is 19.0 Å². The predicted octanol–water partition coefficient (Wildman–Crippen LogP) is 2.00. The average molecular weight is 434 g/mol. The Morgan fingerprint density at radius 1 is 1.19 bits per heavy atom. The van der Waals surface area contributed by atoms with Gasteiger partial charge in [0.1, 0.15) is 11.4 Å². The molecule has 1 unspecified atom stereocenters. The number of rotatable bonds is 8. The Balaban J connectivity index is 2.04. The third kappa shape index (κ3) is 4.52. The van der Waals surface area contributed by atoms with Crippen LogP contribution in [0.4, 0.5) is 4.39 Å². The Labute approximate surface area is 180 Å². The number of hydrogen-bond donors (Lipinski definition) is 2. The molecule has 4 amide bonds. The quantitative estimate of drug-likeness (QED) is 0.281. The number of nitrogens with zero attached hydrogens (tertiary/aromatic N) is 2. The fourth-order valence-electron chi connectivity index (χ4n) is 5.22. The number of carbonyl (C=O) groups is 4. The van der Waals surface area contributed by atoms with Gasteiger partial charge in [0.25, 0.3) is 5.91 Å². The Kier molecular flexibility index (Phi) is 7.17. The Morgan fingerprint density at radius 2 is 1.87 bits per heavy atom. The van der Waals surface area contributed by atoms with Crippen molar-refractivity contribution in [2.45, 2.75) is 51.0 Å². The molecule has 31 heavy (non-hydrogen) atoms. The van der Waals surface area contributed by atoms with Crippen molar-refractivity contribution in [3.8, 4) is 0 Å². The van der Waals surface area contributed by atoms with E-state index in [4.69, 9.17) is 5.73 Å². The maximum atomic E-state index is 14.5. The van der Waals surface area contributed by atoms with E-state index in [1.165, 1.54) is 18.2 Å². The molecule has 2 aliphatic rings. The minimum Gasteiger partial charge on any atom is -0.364 e. The smallest absolute Gasteiger partial charge is 0.356 e. The second-order valence-corrected chi connectivity index (χ2v) is 8.59. The van der Waals surface area contributed by atoms with Gasteiger partial charge in [-0.05, 0) is 24.5 Å². The van der Waals surface area contributed by atoms with Gasteiger partial charge in [0, 0.05) is 12.8 Å². The molecule has 3 atom stereocenters. The number of halogens is 1. The van der Waals surface area contributed by atoms with E-state index in [1.807, 2.05) is 0 Å². The molecule has 0 radical (unpaired) electrons. The van der Waals surface area contributed by atoms with Gasteiger partial charge in [0.2, 0.25) is 6.41 Å². The lowest BCUT2D eigenvalue weighted by Crippen LogP contribution is -2.66. The van der Waals surface area contributed by atoms with E-state index < -0.39 is 40.0 Å². The van der Waals surface area contributed by atoms with Gasteiger partial charge in [-0.25, -0.2) is 19.0 Å². The first kappa shape index (κ1) is 23.0. The van der Waals surface area contributed by atoms with Crippen molar-refractivity contribution in [2.75, 3.05) is 13.1 Å². The summed E-state index contributed by atoms with van der Waals surface area (Å²) in [6.45, 7) is -0.276. The number of hydrogen-bond acceptors (Lipinski definition) is 5. The standard InChI is InChI=1S/C22H28FN3O5/c23-18-9-4-3-8-17(18)22(30)26(11-5-10-19(26)20(24)28)21(29)16(13-25(31)14-27)12-15-6-1-2-7-15/h3-4,8-9,14-16,19,31H,1-2,5-7,10-13H2,(H-,24,28)/p+1/t16-,19+,26?/m1/s1. The highest BCUT2D eigenvalue weighted by molar-refractivity contribution is 5.99. The fourth-order valence-corrected chi connectivity index (χ4v) is 5.22. The third-order valence-corrected chi connectivity index (χ3v) is 6.68. The molecule has 8 nitrogen and oxygen atoms in total. The van der Waals surface area contributed by atoms with E-state index in [0.29, 0.717) is 17.9 Å². The Bertz CT molecular complexity index is 857. The van der Waals surface area contributed by atoms with Crippen LogP contribution in [-0.2, 0) is 14.4 Å².